The minimum absolute atomic E-state index is 0.0517. The molecule has 1 aromatic rings. The molecule has 0 saturated carbocycles. The lowest BCUT2D eigenvalue weighted by Crippen LogP contribution is -2.56. The van der Waals surface area contributed by atoms with Gasteiger partial charge in [0.25, 0.3) is 5.91 Å². The minimum atomic E-state index is 0.0517. The Morgan fingerprint density at radius 2 is 1.95 bits per heavy atom. The zero-order valence-electron chi connectivity index (χ0n) is 12.6. The van der Waals surface area contributed by atoms with Gasteiger partial charge in [-0.3, -0.25) is 9.69 Å². The number of rotatable bonds is 2. The van der Waals surface area contributed by atoms with E-state index in [4.69, 9.17) is 11.6 Å². The highest BCUT2D eigenvalue weighted by Gasteiger charge is 2.30. The number of hydrogen-bond acceptors (Lipinski definition) is 3. The molecule has 1 fully saturated rings. The van der Waals surface area contributed by atoms with E-state index in [0.29, 0.717) is 22.8 Å². The number of carbonyl (C=O) groups is 1. The van der Waals surface area contributed by atoms with Crippen LogP contribution in [0.5, 0.6) is 0 Å². The van der Waals surface area contributed by atoms with Gasteiger partial charge in [0, 0.05) is 36.4 Å². The molecule has 1 aliphatic rings. The Morgan fingerprint density at radius 3 is 2.50 bits per heavy atom. The minimum Gasteiger partial charge on any atom is -0.336 e. The maximum atomic E-state index is 12.6. The third-order valence-corrected chi connectivity index (χ3v) is 4.30. The molecule has 110 valence electrons. The molecule has 1 aliphatic heterocycles. The second kappa shape index (κ2) is 6.10. The first-order chi connectivity index (χ1) is 9.42. The summed E-state index contributed by atoms with van der Waals surface area (Å²) in [7, 11) is 2.11. The smallest absolute Gasteiger partial charge is 0.254 e. The Morgan fingerprint density at radius 1 is 1.35 bits per heavy atom. The van der Waals surface area contributed by atoms with Crippen molar-refractivity contribution in [2.45, 2.75) is 39.3 Å². The van der Waals surface area contributed by atoms with Crippen molar-refractivity contribution in [2.75, 3.05) is 20.1 Å². The molecule has 0 spiro atoms. The second-order valence-electron chi connectivity index (χ2n) is 5.60. The van der Waals surface area contributed by atoms with Crippen LogP contribution < -0.4 is 0 Å². The maximum absolute atomic E-state index is 12.6. The molecular weight excluding hydrogens is 274 g/mol. The third-order valence-electron chi connectivity index (χ3n) is 4.10. The second-order valence-corrected chi connectivity index (χ2v) is 5.98. The standard InChI is InChI=1S/C15H22ClN3O/c1-5-13-6-12(7-14(16)17-13)15(20)19-8-10(2)18(4)11(3)9-19/h6-7,10-11H,5,8-9H2,1-4H3. The largest absolute Gasteiger partial charge is 0.336 e. The van der Waals surface area contributed by atoms with Crippen LogP contribution in [0.4, 0.5) is 0 Å². The fraction of sp³-hybridized carbons (Fsp3) is 0.600. The Bertz CT molecular complexity index is 494. The van der Waals surface area contributed by atoms with Crippen molar-refractivity contribution < 1.29 is 4.79 Å². The van der Waals surface area contributed by atoms with Crippen LogP contribution in [0.3, 0.4) is 0 Å². The van der Waals surface area contributed by atoms with Crippen molar-refractivity contribution in [3.05, 3.63) is 28.5 Å². The van der Waals surface area contributed by atoms with Crippen LogP contribution in [0, 0.1) is 0 Å². The molecule has 0 aromatic carbocycles. The van der Waals surface area contributed by atoms with E-state index in [1.807, 2.05) is 17.9 Å². The van der Waals surface area contributed by atoms with Crippen molar-refractivity contribution in [1.82, 2.24) is 14.8 Å². The SMILES string of the molecule is CCc1cc(C(=O)N2CC(C)N(C)C(C)C2)cc(Cl)n1. The number of amides is 1. The molecule has 20 heavy (non-hydrogen) atoms. The average Bonchev–Trinajstić information content (AvgIpc) is 2.42. The molecule has 2 unspecified atom stereocenters. The zero-order chi connectivity index (χ0) is 14.9. The first kappa shape index (κ1) is 15.3. The number of piperazine rings is 1. The highest BCUT2D eigenvalue weighted by molar-refractivity contribution is 6.29. The van der Waals surface area contributed by atoms with Crippen LogP contribution in [0.2, 0.25) is 5.15 Å². The molecule has 5 heteroatoms. The average molecular weight is 296 g/mol. The van der Waals surface area contributed by atoms with Gasteiger partial charge in [-0.15, -0.1) is 0 Å². The number of pyridine rings is 1. The molecule has 2 rings (SSSR count). The van der Waals surface area contributed by atoms with Gasteiger partial charge < -0.3 is 4.90 Å². The Kier molecular flexibility index (Phi) is 4.66. The summed E-state index contributed by atoms with van der Waals surface area (Å²) in [6, 6.07) is 4.25. The predicted molar refractivity (Wildman–Crippen MR) is 81.2 cm³/mol. The number of hydrogen-bond donors (Lipinski definition) is 0. The van der Waals surface area contributed by atoms with Crippen molar-refractivity contribution >= 4 is 17.5 Å². The van der Waals surface area contributed by atoms with Crippen LogP contribution >= 0.6 is 11.6 Å². The molecule has 0 radical (unpaired) electrons. The molecule has 1 aromatic heterocycles. The fourth-order valence-electron chi connectivity index (χ4n) is 2.61. The van der Waals surface area contributed by atoms with Crippen molar-refractivity contribution in [3.8, 4) is 0 Å². The van der Waals surface area contributed by atoms with Crippen LogP contribution in [-0.4, -0.2) is 52.9 Å². The number of carbonyl (C=O) groups excluding carboxylic acids is 1. The summed E-state index contributed by atoms with van der Waals surface area (Å²) < 4.78 is 0. The van der Waals surface area contributed by atoms with Gasteiger partial charge in [0.15, 0.2) is 0 Å². The summed E-state index contributed by atoms with van der Waals surface area (Å²) in [6.07, 6.45) is 0.774. The summed E-state index contributed by atoms with van der Waals surface area (Å²) in [6.45, 7) is 7.80. The van der Waals surface area contributed by atoms with Crippen LogP contribution in [0.15, 0.2) is 12.1 Å². The van der Waals surface area contributed by atoms with Gasteiger partial charge in [-0.1, -0.05) is 18.5 Å². The number of halogens is 1. The van der Waals surface area contributed by atoms with Crippen molar-refractivity contribution in [2.24, 2.45) is 0 Å². The summed E-state index contributed by atoms with van der Waals surface area (Å²) in [5.74, 6) is 0.0517. The summed E-state index contributed by atoms with van der Waals surface area (Å²) >= 11 is 6.00. The summed E-state index contributed by atoms with van der Waals surface area (Å²) in [5, 5.41) is 0.392. The highest BCUT2D eigenvalue weighted by Crippen LogP contribution is 2.18. The van der Waals surface area contributed by atoms with E-state index >= 15 is 0 Å². The van der Waals surface area contributed by atoms with Crippen LogP contribution in [-0.2, 0) is 6.42 Å². The van der Waals surface area contributed by atoms with Crippen LogP contribution in [0.1, 0.15) is 36.8 Å². The number of nitrogens with zero attached hydrogens (tertiary/aromatic N) is 3. The molecule has 0 N–H and O–H groups in total. The normalized spacial score (nSPS) is 23.9. The van der Waals surface area contributed by atoms with Crippen molar-refractivity contribution in [1.29, 1.82) is 0 Å². The molecular formula is C15H22ClN3O. The first-order valence-electron chi connectivity index (χ1n) is 7.10. The lowest BCUT2D eigenvalue weighted by Gasteiger charge is -2.42. The number of likely N-dealkylation sites (N-methyl/N-ethyl adjacent to an activating group) is 1. The van der Waals surface area contributed by atoms with Gasteiger partial charge in [-0.05, 0) is 39.4 Å². The van der Waals surface area contributed by atoms with Gasteiger partial charge >= 0.3 is 0 Å². The van der Waals surface area contributed by atoms with Gasteiger partial charge in [0.05, 0.1) is 0 Å². The third kappa shape index (κ3) is 3.13. The molecule has 1 amide bonds. The predicted octanol–water partition coefficient (Wildman–Crippen LogP) is 2.46. The quantitative estimate of drug-likeness (QED) is 0.787. The zero-order valence-corrected chi connectivity index (χ0v) is 13.3. The van der Waals surface area contributed by atoms with E-state index < -0.39 is 0 Å². The van der Waals surface area contributed by atoms with E-state index in [2.05, 4.69) is 30.8 Å². The van der Waals surface area contributed by atoms with Crippen molar-refractivity contribution in [3.63, 3.8) is 0 Å². The Balaban J connectivity index is 2.21. The van der Waals surface area contributed by atoms with Gasteiger partial charge in [-0.25, -0.2) is 4.98 Å². The lowest BCUT2D eigenvalue weighted by atomic mass is 10.1. The number of aryl methyl sites for hydroxylation is 1. The Hall–Kier alpha value is -1.13. The molecule has 0 aliphatic carbocycles. The van der Waals surface area contributed by atoms with Gasteiger partial charge in [-0.2, -0.15) is 0 Å². The summed E-state index contributed by atoms with van der Waals surface area (Å²) in [5.41, 5.74) is 1.50. The van der Waals surface area contributed by atoms with E-state index in [1.54, 1.807) is 6.07 Å². The Labute approximate surface area is 125 Å². The van der Waals surface area contributed by atoms with E-state index in [9.17, 15) is 4.79 Å². The highest BCUT2D eigenvalue weighted by atomic mass is 35.5. The number of aromatic nitrogens is 1. The van der Waals surface area contributed by atoms with E-state index in [0.717, 1.165) is 25.2 Å². The topological polar surface area (TPSA) is 36.4 Å². The monoisotopic (exact) mass is 295 g/mol. The van der Waals surface area contributed by atoms with E-state index in [1.165, 1.54) is 0 Å². The maximum Gasteiger partial charge on any atom is 0.254 e. The summed E-state index contributed by atoms with van der Waals surface area (Å²) in [4.78, 5) is 21.1. The van der Waals surface area contributed by atoms with E-state index in [-0.39, 0.29) is 5.91 Å². The molecule has 2 heterocycles. The molecule has 4 nitrogen and oxygen atoms in total. The van der Waals surface area contributed by atoms with Crippen LogP contribution in [0.25, 0.3) is 0 Å². The molecule has 1 saturated heterocycles. The molecule has 2 atom stereocenters. The van der Waals surface area contributed by atoms with Gasteiger partial charge in [0.2, 0.25) is 0 Å². The first-order valence-corrected chi connectivity index (χ1v) is 7.47. The lowest BCUT2D eigenvalue weighted by molar-refractivity contribution is 0.0414. The molecule has 0 bridgehead atoms. The fourth-order valence-corrected chi connectivity index (χ4v) is 2.83. The van der Waals surface area contributed by atoms with Gasteiger partial charge in [0.1, 0.15) is 5.15 Å².